The Kier molecular flexibility index (Phi) is 6.63. The predicted molar refractivity (Wildman–Crippen MR) is 132 cm³/mol. The molecule has 3 aromatic rings. The molecule has 8 nitrogen and oxygen atoms in total. The van der Waals surface area contributed by atoms with E-state index in [1.807, 2.05) is 6.20 Å². The number of pyridine rings is 1. The van der Waals surface area contributed by atoms with E-state index < -0.39 is 21.6 Å². The lowest BCUT2D eigenvalue weighted by atomic mass is 9.99. The van der Waals surface area contributed by atoms with E-state index in [0.717, 1.165) is 5.56 Å². The number of halogens is 2. The zero-order valence-electron chi connectivity index (χ0n) is 19.8. The molecule has 11 heteroatoms. The van der Waals surface area contributed by atoms with Crippen molar-refractivity contribution in [3.05, 3.63) is 54.0 Å². The van der Waals surface area contributed by atoms with Gasteiger partial charge in [0.1, 0.15) is 5.82 Å². The molecule has 1 amide bonds. The van der Waals surface area contributed by atoms with Gasteiger partial charge in [-0.3, -0.25) is 9.48 Å². The van der Waals surface area contributed by atoms with Crippen molar-refractivity contribution in [2.75, 3.05) is 29.6 Å². The molecule has 0 saturated carbocycles. The summed E-state index contributed by atoms with van der Waals surface area (Å²) >= 11 is 0. The Morgan fingerprint density at radius 3 is 2.69 bits per heavy atom. The molecular formula is C24H28F2N6O2S. The fourth-order valence-electron chi connectivity index (χ4n) is 4.24. The van der Waals surface area contributed by atoms with Crippen LogP contribution in [0.15, 0.2) is 47.8 Å². The molecule has 35 heavy (non-hydrogen) atoms. The molecule has 0 radical (unpaired) electrons. The van der Waals surface area contributed by atoms with Crippen molar-refractivity contribution >= 4 is 27.1 Å². The van der Waals surface area contributed by atoms with Crippen LogP contribution in [0, 0.1) is 11.7 Å². The highest BCUT2D eigenvalue weighted by Gasteiger charge is 2.33. The van der Waals surface area contributed by atoms with Crippen LogP contribution in [0.25, 0.3) is 11.1 Å². The molecule has 186 valence electrons. The lowest BCUT2D eigenvalue weighted by molar-refractivity contribution is -0.0102. The van der Waals surface area contributed by atoms with Crippen LogP contribution in [0.5, 0.6) is 0 Å². The highest BCUT2D eigenvalue weighted by Crippen LogP contribution is 2.34. The van der Waals surface area contributed by atoms with Crippen molar-refractivity contribution in [1.29, 1.82) is 4.78 Å². The zero-order valence-corrected chi connectivity index (χ0v) is 20.7. The molecule has 2 aromatic heterocycles. The second kappa shape index (κ2) is 9.37. The average molecular weight is 503 g/mol. The van der Waals surface area contributed by atoms with E-state index in [4.69, 9.17) is 4.78 Å². The Morgan fingerprint density at radius 2 is 2.00 bits per heavy atom. The van der Waals surface area contributed by atoms with Gasteiger partial charge in [-0.1, -0.05) is 6.07 Å². The molecule has 0 bridgehead atoms. The Morgan fingerprint density at radius 1 is 1.23 bits per heavy atom. The third-order valence-corrected chi connectivity index (χ3v) is 7.27. The molecule has 1 aromatic carbocycles. The van der Waals surface area contributed by atoms with Crippen molar-refractivity contribution in [2.45, 2.75) is 37.0 Å². The van der Waals surface area contributed by atoms with Gasteiger partial charge in [0.2, 0.25) is 5.92 Å². The first-order valence-electron chi connectivity index (χ1n) is 11.2. The summed E-state index contributed by atoms with van der Waals surface area (Å²) in [5.74, 6) is -2.86. The van der Waals surface area contributed by atoms with Gasteiger partial charge < -0.3 is 10.2 Å². The number of nitrogens with zero attached hydrogens (tertiary/aromatic N) is 4. The Hall–Kier alpha value is -3.34. The number of hydrogen-bond acceptors (Lipinski definition) is 6. The third-order valence-electron chi connectivity index (χ3n) is 6.12. The fraction of sp³-hybridized carbons (Fsp3) is 0.375. The van der Waals surface area contributed by atoms with Crippen molar-refractivity contribution in [2.24, 2.45) is 7.05 Å². The molecule has 1 atom stereocenters. The van der Waals surface area contributed by atoms with Crippen LogP contribution in [0.1, 0.15) is 35.2 Å². The number of rotatable bonds is 5. The predicted octanol–water partition coefficient (Wildman–Crippen LogP) is 4.70. The van der Waals surface area contributed by atoms with Gasteiger partial charge in [0.25, 0.3) is 5.91 Å². The number of alkyl halides is 2. The summed E-state index contributed by atoms with van der Waals surface area (Å²) in [6.45, 7) is 2.24. The number of amides is 1. The maximum Gasteiger partial charge on any atom is 0.259 e. The van der Waals surface area contributed by atoms with Gasteiger partial charge in [-0.15, -0.1) is 0 Å². The normalized spacial score (nSPS) is 17.5. The summed E-state index contributed by atoms with van der Waals surface area (Å²) in [4.78, 5) is 20.2. The van der Waals surface area contributed by atoms with Crippen molar-refractivity contribution in [1.82, 2.24) is 14.8 Å². The Labute approximate surface area is 203 Å². The topological polar surface area (TPSA) is 104 Å². The molecule has 0 aliphatic carbocycles. The van der Waals surface area contributed by atoms with Crippen LogP contribution in [-0.2, 0) is 16.8 Å². The number of benzene rings is 1. The number of nitrogens with one attached hydrogen (secondary N) is 2. The molecule has 3 heterocycles. The van der Waals surface area contributed by atoms with E-state index in [0.29, 0.717) is 34.1 Å². The van der Waals surface area contributed by atoms with Gasteiger partial charge in [-0.2, -0.15) is 5.10 Å². The molecule has 1 fully saturated rings. The molecule has 1 saturated heterocycles. The minimum atomic E-state index is -2.97. The number of hydrogen-bond donors (Lipinski definition) is 2. The van der Waals surface area contributed by atoms with Gasteiger partial charge in [0.15, 0.2) is 0 Å². The van der Waals surface area contributed by atoms with Crippen LogP contribution in [0.4, 0.5) is 20.3 Å². The number of anilines is 2. The van der Waals surface area contributed by atoms with Crippen molar-refractivity contribution < 1.29 is 17.8 Å². The molecule has 4 rings (SSSR count). The van der Waals surface area contributed by atoms with Crippen LogP contribution in [0.2, 0.25) is 0 Å². The molecule has 2 N–H and O–H groups in total. The van der Waals surface area contributed by atoms with Gasteiger partial charge in [0, 0.05) is 73.3 Å². The van der Waals surface area contributed by atoms with E-state index in [1.165, 1.54) is 12.3 Å². The first kappa shape index (κ1) is 24.8. The van der Waals surface area contributed by atoms with Crippen LogP contribution in [-0.4, -0.2) is 50.1 Å². The summed E-state index contributed by atoms with van der Waals surface area (Å²) in [7, 11) is -1.18. The maximum atomic E-state index is 14.0. The van der Waals surface area contributed by atoms with E-state index >= 15 is 0 Å². The average Bonchev–Trinajstić information content (AvgIpc) is 3.12. The van der Waals surface area contributed by atoms with E-state index in [9.17, 15) is 17.8 Å². The van der Waals surface area contributed by atoms with E-state index in [1.54, 1.807) is 54.1 Å². The van der Waals surface area contributed by atoms with Gasteiger partial charge in [0.05, 0.1) is 21.5 Å². The highest BCUT2D eigenvalue weighted by atomic mass is 32.2. The zero-order chi connectivity index (χ0) is 25.4. The van der Waals surface area contributed by atoms with Gasteiger partial charge in [-0.25, -0.2) is 22.8 Å². The lowest BCUT2D eigenvalue weighted by Gasteiger charge is -2.26. The second-order valence-corrected chi connectivity index (χ2v) is 11.1. The standard InChI is InChI=1S/C24H28F2N6O2S/c1-16-20(17-13-29-31(2)15-17)14-28-22(32-10-5-8-24(25,26)9-11-32)21(16)23(33)30-18-6-4-7-19(12-18)35(3,27)34/h4,6-7,12-15,27H,5,8-11H2,1-3H3,(H,30,33). The molecule has 1 unspecified atom stereocenters. The van der Waals surface area contributed by atoms with E-state index in [2.05, 4.69) is 15.4 Å². The first-order valence-corrected chi connectivity index (χ1v) is 13.2. The summed E-state index contributed by atoms with van der Waals surface area (Å²) in [6.07, 6.45) is 6.22. The third kappa shape index (κ3) is 5.50. The van der Waals surface area contributed by atoms with Crippen LogP contribution < -0.4 is 10.2 Å². The SMILES string of the molecule is Cc1c(-c2cnn(C)c2)cnc(N2CCCC(F)(F)CC2)c1C(=O)Nc1cccc(S(C)(=N)=O)c1. The first-order chi connectivity index (χ1) is 16.4. The number of carbonyl (C=O) groups excluding carboxylic acids is 1. The van der Waals surface area contributed by atoms with E-state index in [-0.39, 0.29) is 31.4 Å². The Balaban J connectivity index is 1.77. The quantitative estimate of drug-likeness (QED) is 0.526. The maximum absolute atomic E-state index is 14.0. The van der Waals surface area contributed by atoms with Crippen LogP contribution in [0.3, 0.4) is 0 Å². The summed E-state index contributed by atoms with van der Waals surface area (Å²) < 4.78 is 49.7. The summed E-state index contributed by atoms with van der Waals surface area (Å²) in [5, 5.41) is 7.02. The van der Waals surface area contributed by atoms with Crippen LogP contribution >= 0.6 is 0 Å². The number of aryl methyl sites for hydroxylation is 1. The minimum Gasteiger partial charge on any atom is -0.356 e. The molecule has 0 spiro atoms. The van der Waals surface area contributed by atoms with Crippen molar-refractivity contribution in [3.8, 4) is 11.1 Å². The van der Waals surface area contributed by atoms with Gasteiger partial charge >= 0.3 is 0 Å². The highest BCUT2D eigenvalue weighted by molar-refractivity contribution is 7.91. The van der Waals surface area contributed by atoms with Gasteiger partial charge in [-0.05, 0) is 37.1 Å². The lowest BCUT2D eigenvalue weighted by Crippen LogP contribution is -2.30. The number of aromatic nitrogens is 3. The van der Waals surface area contributed by atoms with Crippen molar-refractivity contribution in [3.63, 3.8) is 0 Å². The monoisotopic (exact) mass is 502 g/mol. The second-order valence-electron chi connectivity index (χ2n) is 8.92. The molecule has 1 aliphatic heterocycles. The Bertz CT molecular complexity index is 1370. The summed E-state index contributed by atoms with van der Waals surface area (Å²) in [5.41, 5.74) is 2.80. The molecule has 1 aliphatic rings. The fourth-order valence-corrected chi connectivity index (χ4v) is 4.93. The summed E-state index contributed by atoms with van der Waals surface area (Å²) in [6, 6.07) is 6.35. The minimum absolute atomic E-state index is 0.0815. The smallest absolute Gasteiger partial charge is 0.259 e. The largest absolute Gasteiger partial charge is 0.356 e. The number of carbonyl (C=O) groups is 1. The molecular weight excluding hydrogens is 474 g/mol.